The minimum Gasteiger partial charge on any atom is -0.407 e. The molecule has 0 saturated heterocycles. The summed E-state index contributed by atoms with van der Waals surface area (Å²) >= 11 is 0. The van der Waals surface area contributed by atoms with E-state index in [1.165, 1.54) is 43.3 Å². The predicted octanol–water partition coefficient (Wildman–Crippen LogP) is 2.85. The number of carbonyl (C=O) groups excluding carboxylic acids is 1. The van der Waals surface area contributed by atoms with Crippen molar-refractivity contribution < 1.29 is 22.0 Å². The minimum atomic E-state index is -3.42. The molecule has 0 aliphatic heterocycles. The number of anilines is 1. The lowest BCUT2D eigenvalue weighted by molar-refractivity contribution is 0.102. The summed E-state index contributed by atoms with van der Waals surface area (Å²) in [6.45, 7) is 1.53. The van der Waals surface area contributed by atoms with Gasteiger partial charge in [-0.25, -0.2) is 12.8 Å². The molecule has 1 amide bonds. The van der Waals surface area contributed by atoms with Crippen LogP contribution in [0.5, 0.6) is 0 Å². The number of halogens is 1. The van der Waals surface area contributed by atoms with Crippen LogP contribution in [-0.2, 0) is 16.3 Å². The molecule has 0 atom stereocenters. The number of sulfone groups is 1. The Morgan fingerprint density at radius 3 is 2.59 bits per heavy atom. The number of benzene rings is 2. The van der Waals surface area contributed by atoms with Crippen molar-refractivity contribution in [3.63, 3.8) is 0 Å². The largest absolute Gasteiger partial charge is 0.407 e. The first-order chi connectivity index (χ1) is 12.9. The average molecular weight is 389 g/mol. The van der Waals surface area contributed by atoms with Gasteiger partial charge >= 0.3 is 6.01 Å². The molecule has 1 N–H and O–H groups in total. The number of aromatic nitrogens is 2. The van der Waals surface area contributed by atoms with Crippen LogP contribution in [0.15, 0.2) is 57.8 Å². The van der Waals surface area contributed by atoms with Crippen molar-refractivity contribution in [2.24, 2.45) is 0 Å². The van der Waals surface area contributed by atoms with Gasteiger partial charge in [-0.2, -0.15) is 0 Å². The Morgan fingerprint density at radius 1 is 1.15 bits per heavy atom. The molecular weight excluding hydrogens is 373 g/mol. The SMILES string of the molecule is CCS(=O)(=O)c1cccc(C(=O)Nc2nnc(Cc3ccc(F)cc3)o2)c1. The zero-order valence-electron chi connectivity index (χ0n) is 14.3. The number of hydrogen-bond acceptors (Lipinski definition) is 6. The molecule has 27 heavy (non-hydrogen) atoms. The zero-order chi connectivity index (χ0) is 19.4. The molecule has 3 rings (SSSR count). The number of nitrogens with zero attached hydrogens (tertiary/aromatic N) is 2. The van der Waals surface area contributed by atoms with Crippen molar-refractivity contribution in [1.29, 1.82) is 0 Å². The van der Waals surface area contributed by atoms with E-state index in [4.69, 9.17) is 4.42 Å². The molecule has 0 radical (unpaired) electrons. The molecule has 0 aliphatic carbocycles. The molecule has 0 fully saturated rings. The molecule has 0 unspecified atom stereocenters. The van der Waals surface area contributed by atoms with Crippen LogP contribution < -0.4 is 5.32 Å². The first-order valence-corrected chi connectivity index (χ1v) is 9.73. The highest BCUT2D eigenvalue weighted by Crippen LogP contribution is 2.16. The van der Waals surface area contributed by atoms with Gasteiger partial charge in [0, 0.05) is 5.56 Å². The molecule has 0 bridgehead atoms. The lowest BCUT2D eigenvalue weighted by Crippen LogP contribution is -2.13. The maximum Gasteiger partial charge on any atom is 0.322 e. The number of rotatable bonds is 6. The number of nitrogens with one attached hydrogen (secondary N) is 1. The van der Waals surface area contributed by atoms with Gasteiger partial charge in [0.1, 0.15) is 5.82 Å². The van der Waals surface area contributed by atoms with Gasteiger partial charge in [-0.3, -0.25) is 10.1 Å². The Balaban J connectivity index is 1.71. The average Bonchev–Trinajstić information content (AvgIpc) is 3.10. The topological polar surface area (TPSA) is 102 Å². The summed E-state index contributed by atoms with van der Waals surface area (Å²) in [5, 5.41) is 10.0. The van der Waals surface area contributed by atoms with Gasteiger partial charge in [0.15, 0.2) is 9.84 Å². The lowest BCUT2D eigenvalue weighted by atomic mass is 10.1. The monoisotopic (exact) mass is 389 g/mol. The van der Waals surface area contributed by atoms with Crippen LogP contribution in [0.1, 0.15) is 28.7 Å². The van der Waals surface area contributed by atoms with Crippen LogP contribution in [0.3, 0.4) is 0 Å². The fourth-order valence-corrected chi connectivity index (χ4v) is 3.24. The van der Waals surface area contributed by atoms with E-state index in [0.717, 1.165) is 5.56 Å². The van der Waals surface area contributed by atoms with E-state index in [-0.39, 0.29) is 40.4 Å². The molecule has 9 heteroatoms. The summed E-state index contributed by atoms with van der Waals surface area (Å²) in [7, 11) is -3.42. The molecule has 7 nitrogen and oxygen atoms in total. The van der Waals surface area contributed by atoms with Crippen LogP contribution in [0, 0.1) is 5.82 Å². The Labute approximate surface area is 155 Å². The first kappa shape index (κ1) is 18.7. The number of hydrogen-bond donors (Lipinski definition) is 1. The number of carbonyl (C=O) groups is 1. The van der Waals surface area contributed by atoms with Gasteiger partial charge in [0.05, 0.1) is 17.1 Å². The van der Waals surface area contributed by atoms with Gasteiger partial charge in [-0.15, -0.1) is 5.10 Å². The van der Waals surface area contributed by atoms with Crippen molar-refractivity contribution >= 4 is 21.8 Å². The second kappa shape index (κ2) is 7.67. The summed E-state index contributed by atoms with van der Waals surface area (Å²) in [5.41, 5.74) is 0.929. The highest BCUT2D eigenvalue weighted by molar-refractivity contribution is 7.91. The molecule has 0 spiro atoms. The molecule has 3 aromatic rings. The normalized spacial score (nSPS) is 11.3. The first-order valence-electron chi connectivity index (χ1n) is 8.08. The summed E-state index contributed by atoms with van der Waals surface area (Å²) in [6.07, 6.45) is 0.285. The van der Waals surface area contributed by atoms with E-state index in [1.807, 2.05) is 0 Å². The summed E-state index contributed by atoms with van der Waals surface area (Å²) in [4.78, 5) is 12.4. The van der Waals surface area contributed by atoms with E-state index in [1.54, 1.807) is 12.1 Å². The Bertz CT molecular complexity index is 1060. The summed E-state index contributed by atoms with van der Waals surface area (Å²) in [6, 6.07) is 11.4. The third-order valence-corrected chi connectivity index (χ3v) is 5.52. The summed E-state index contributed by atoms with van der Waals surface area (Å²) < 4.78 is 42.2. The second-order valence-corrected chi connectivity index (χ2v) is 7.97. The third kappa shape index (κ3) is 4.56. The van der Waals surface area contributed by atoms with Crippen LogP contribution in [0.4, 0.5) is 10.4 Å². The molecule has 0 saturated carbocycles. The Morgan fingerprint density at radius 2 is 1.89 bits per heavy atom. The van der Waals surface area contributed by atoms with Crippen molar-refractivity contribution in [1.82, 2.24) is 10.2 Å². The summed E-state index contributed by atoms with van der Waals surface area (Å²) in [5.74, 6) is -0.724. The van der Waals surface area contributed by atoms with E-state index in [0.29, 0.717) is 0 Å². The zero-order valence-corrected chi connectivity index (χ0v) is 15.2. The molecule has 140 valence electrons. The van der Waals surface area contributed by atoms with E-state index in [9.17, 15) is 17.6 Å². The minimum absolute atomic E-state index is 0.0610. The maximum atomic E-state index is 12.9. The number of amides is 1. The quantitative estimate of drug-likeness (QED) is 0.695. The second-order valence-electron chi connectivity index (χ2n) is 5.69. The van der Waals surface area contributed by atoms with Crippen molar-refractivity contribution in [3.8, 4) is 0 Å². The smallest absolute Gasteiger partial charge is 0.322 e. The lowest BCUT2D eigenvalue weighted by Gasteiger charge is -2.04. The van der Waals surface area contributed by atoms with Gasteiger partial charge in [0.25, 0.3) is 5.91 Å². The van der Waals surface area contributed by atoms with Crippen molar-refractivity contribution in [2.75, 3.05) is 11.1 Å². The standard InChI is InChI=1S/C18H16FN3O4S/c1-2-27(24,25)15-5-3-4-13(11-15)17(23)20-18-22-21-16(26-18)10-12-6-8-14(19)9-7-12/h3-9,11H,2,10H2,1H3,(H,20,22,23). The predicted molar refractivity (Wildman–Crippen MR) is 95.6 cm³/mol. The van der Waals surface area contributed by atoms with Crippen LogP contribution in [0.25, 0.3) is 0 Å². The van der Waals surface area contributed by atoms with E-state index >= 15 is 0 Å². The van der Waals surface area contributed by atoms with E-state index in [2.05, 4.69) is 15.5 Å². The van der Waals surface area contributed by atoms with Crippen LogP contribution in [0.2, 0.25) is 0 Å². The Hall–Kier alpha value is -3.07. The van der Waals surface area contributed by atoms with Gasteiger partial charge in [0.2, 0.25) is 5.89 Å². The highest BCUT2D eigenvalue weighted by atomic mass is 32.2. The van der Waals surface area contributed by atoms with Gasteiger partial charge in [-0.05, 0) is 35.9 Å². The van der Waals surface area contributed by atoms with Crippen LogP contribution in [-0.4, -0.2) is 30.3 Å². The van der Waals surface area contributed by atoms with Crippen LogP contribution >= 0.6 is 0 Å². The Kier molecular flexibility index (Phi) is 5.31. The molecule has 0 aliphatic rings. The highest BCUT2D eigenvalue weighted by Gasteiger charge is 2.16. The third-order valence-electron chi connectivity index (χ3n) is 3.79. The fourth-order valence-electron chi connectivity index (χ4n) is 2.32. The molecule has 1 aromatic heterocycles. The molecule has 1 heterocycles. The van der Waals surface area contributed by atoms with E-state index < -0.39 is 15.7 Å². The fraction of sp³-hybridized carbons (Fsp3) is 0.167. The van der Waals surface area contributed by atoms with Crippen molar-refractivity contribution in [2.45, 2.75) is 18.2 Å². The molecular formula is C18H16FN3O4S. The van der Waals surface area contributed by atoms with Gasteiger partial charge < -0.3 is 4.42 Å². The van der Waals surface area contributed by atoms with Gasteiger partial charge in [-0.1, -0.05) is 30.2 Å². The van der Waals surface area contributed by atoms with Crippen molar-refractivity contribution in [3.05, 3.63) is 71.4 Å². The molecule has 2 aromatic carbocycles. The maximum absolute atomic E-state index is 12.9.